The van der Waals surface area contributed by atoms with Gasteiger partial charge in [-0.25, -0.2) is 4.98 Å². The van der Waals surface area contributed by atoms with Gasteiger partial charge in [0.2, 0.25) is 0 Å². The first-order valence-electron chi connectivity index (χ1n) is 17.3. The number of imidazole rings is 1. The fraction of sp³-hybridized carbons (Fsp3) is 0.0435. The van der Waals surface area contributed by atoms with E-state index >= 15 is 0 Å². The van der Waals surface area contributed by atoms with Crippen LogP contribution in [-0.2, 0) is 21.1 Å². The van der Waals surface area contributed by atoms with Crippen LogP contribution in [0.15, 0.2) is 170 Å². The summed E-state index contributed by atoms with van der Waals surface area (Å²) in [5.74, 6) is 0. The molecule has 0 aliphatic carbocycles. The normalized spacial score (nSPS) is 11.5. The average Bonchev–Trinajstić information content (AvgIpc) is 3.77. The zero-order chi connectivity index (χ0) is 34.4. The first kappa shape index (κ1) is 33.5. The molecule has 252 valence electrons. The van der Waals surface area contributed by atoms with Gasteiger partial charge in [-0.15, -0.1) is 42.0 Å². The Bertz CT molecular complexity index is 2550. The number of aromatic nitrogens is 4. The molecule has 3 aromatic heterocycles. The Morgan fingerprint density at radius 3 is 1.98 bits per heavy atom. The molecule has 3 heterocycles. The third-order valence-corrected chi connectivity index (χ3v) is 14.5. The predicted octanol–water partition coefficient (Wildman–Crippen LogP) is 7.62. The predicted molar refractivity (Wildman–Crippen MR) is 212 cm³/mol. The molecule has 9 aromatic rings. The Labute approximate surface area is 319 Å². The summed E-state index contributed by atoms with van der Waals surface area (Å²) in [6, 6.07) is 63.3. The molecule has 0 unspecified atom stereocenters. The zero-order valence-electron chi connectivity index (χ0n) is 28.8. The van der Waals surface area contributed by atoms with Crippen LogP contribution in [0.3, 0.4) is 0 Å². The number of hydrogen-bond acceptors (Lipinski definition) is 2. The summed E-state index contributed by atoms with van der Waals surface area (Å²) in [7, 11) is -3.22. The van der Waals surface area contributed by atoms with E-state index in [2.05, 4.69) is 181 Å². The largest absolute Gasteiger partial charge is 2.00 e. The van der Waals surface area contributed by atoms with Gasteiger partial charge in [-0.05, 0) is 59.7 Å². The Morgan fingerprint density at radius 2 is 1.27 bits per heavy atom. The standard InChI is InChI=1S/C46H34N4Si.Pt/c1-33-17-14-18-34(2)44(33)49-32-42(35-19-6-3-7-20-35)48-46(49)51(37-22-8-4-9-23-37,38-24-10-5-11-25-38)39-26-15-21-36(31-39)50-43-29-13-12-27-40(43)41-28-16-30-47-45(41)50;/h3-19,21-30,32H,1-2H3;/q-2;+2. The van der Waals surface area contributed by atoms with Crippen molar-refractivity contribution < 1.29 is 21.1 Å². The fourth-order valence-electron chi connectivity index (χ4n) is 7.76. The molecule has 0 N–H and O–H groups in total. The van der Waals surface area contributed by atoms with E-state index in [-0.39, 0.29) is 21.1 Å². The van der Waals surface area contributed by atoms with Gasteiger partial charge in [0.25, 0.3) is 0 Å². The molecule has 0 radical (unpaired) electrons. The monoisotopic (exact) mass is 865 g/mol. The molecule has 0 fully saturated rings. The second-order valence-corrected chi connectivity index (χ2v) is 16.6. The Morgan fingerprint density at radius 1 is 0.615 bits per heavy atom. The van der Waals surface area contributed by atoms with Crippen molar-refractivity contribution in [1.82, 2.24) is 19.1 Å². The molecule has 6 heteroatoms. The van der Waals surface area contributed by atoms with E-state index in [0.29, 0.717) is 0 Å². The summed E-state index contributed by atoms with van der Waals surface area (Å²) in [5, 5.41) is 5.86. The average molecular weight is 866 g/mol. The maximum absolute atomic E-state index is 5.69. The maximum Gasteiger partial charge on any atom is 2.00 e. The summed E-state index contributed by atoms with van der Waals surface area (Å²) >= 11 is 0. The quantitative estimate of drug-likeness (QED) is 0.0940. The van der Waals surface area contributed by atoms with Crippen LogP contribution in [0.4, 0.5) is 0 Å². The molecule has 9 rings (SSSR count). The van der Waals surface area contributed by atoms with Crippen molar-refractivity contribution in [3.8, 4) is 22.6 Å². The molecule has 0 amide bonds. The molecule has 0 spiro atoms. The van der Waals surface area contributed by atoms with E-state index in [1.165, 1.54) is 26.9 Å². The minimum atomic E-state index is -3.22. The van der Waals surface area contributed by atoms with Gasteiger partial charge in [0.15, 0.2) is 8.07 Å². The van der Waals surface area contributed by atoms with E-state index in [1.54, 1.807) is 0 Å². The van der Waals surface area contributed by atoms with Gasteiger partial charge in [0.1, 0.15) is 5.65 Å². The van der Waals surface area contributed by atoms with E-state index in [9.17, 15) is 0 Å². The first-order valence-corrected chi connectivity index (χ1v) is 19.3. The summed E-state index contributed by atoms with van der Waals surface area (Å²) in [6.45, 7) is 4.38. The van der Waals surface area contributed by atoms with Gasteiger partial charge in [0, 0.05) is 22.7 Å². The number of aryl methyl sites for hydroxylation is 2. The maximum atomic E-state index is 5.69. The van der Waals surface area contributed by atoms with Crippen molar-refractivity contribution in [3.63, 3.8) is 0 Å². The van der Waals surface area contributed by atoms with Crippen molar-refractivity contribution in [2.45, 2.75) is 13.8 Å². The van der Waals surface area contributed by atoms with Crippen LogP contribution in [-0.4, -0.2) is 27.2 Å². The third-order valence-electron chi connectivity index (χ3n) is 9.98. The van der Waals surface area contributed by atoms with Gasteiger partial charge < -0.3 is 9.13 Å². The Balaban J connectivity index is 0.00000387. The number of rotatable bonds is 7. The second kappa shape index (κ2) is 13.8. The fourth-order valence-corrected chi connectivity index (χ4v) is 12.3. The van der Waals surface area contributed by atoms with Gasteiger partial charge >= 0.3 is 21.1 Å². The molecule has 0 saturated carbocycles. The summed E-state index contributed by atoms with van der Waals surface area (Å²) in [4.78, 5) is 10.6. The Hall–Kier alpha value is -5.61. The molecule has 6 aromatic carbocycles. The molecular formula is C46H34N4PtSi. The number of nitrogens with zero attached hydrogens (tertiary/aromatic N) is 4. The number of benzene rings is 6. The van der Waals surface area contributed by atoms with Crippen molar-refractivity contribution in [1.29, 1.82) is 0 Å². The van der Waals surface area contributed by atoms with Gasteiger partial charge in [-0.1, -0.05) is 103 Å². The van der Waals surface area contributed by atoms with E-state index in [1.807, 2.05) is 24.4 Å². The van der Waals surface area contributed by atoms with E-state index in [0.717, 1.165) is 49.8 Å². The molecular weight excluding hydrogens is 832 g/mol. The zero-order valence-corrected chi connectivity index (χ0v) is 32.0. The SMILES string of the molecule is Cc1cccc(C)c1-n1cc(-c2[c-]cccc2)nc1[Si](c1[c-]c(-n2c3ccccc3c3cccnc32)ccc1)(c1ccccc1)c1ccccc1.[Pt+2]. The van der Waals surface area contributed by atoms with Crippen molar-refractivity contribution in [3.05, 3.63) is 193 Å². The molecule has 0 aliphatic rings. The van der Waals surface area contributed by atoms with E-state index in [4.69, 9.17) is 9.97 Å². The van der Waals surface area contributed by atoms with Crippen LogP contribution in [0, 0.1) is 26.0 Å². The second-order valence-electron chi connectivity index (χ2n) is 13.0. The molecule has 0 atom stereocenters. The topological polar surface area (TPSA) is 35.6 Å². The van der Waals surface area contributed by atoms with Gasteiger partial charge in [-0.2, -0.15) is 23.4 Å². The van der Waals surface area contributed by atoms with Crippen LogP contribution < -0.4 is 21.0 Å². The van der Waals surface area contributed by atoms with Crippen LogP contribution in [0.2, 0.25) is 0 Å². The minimum absolute atomic E-state index is 0. The summed E-state index contributed by atoms with van der Waals surface area (Å²) in [6.07, 6.45) is 4.09. The van der Waals surface area contributed by atoms with Crippen molar-refractivity contribution >= 4 is 51.0 Å². The van der Waals surface area contributed by atoms with Gasteiger partial charge in [-0.3, -0.25) is 4.98 Å². The third kappa shape index (κ3) is 5.40. The van der Waals surface area contributed by atoms with Crippen LogP contribution >= 0.6 is 0 Å². The van der Waals surface area contributed by atoms with E-state index < -0.39 is 8.07 Å². The number of fused-ring (bicyclic) bond motifs is 3. The summed E-state index contributed by atoms with van der Waals surface area (Å²) < 4.78 is 4.63. The number of hydrogen-bond donors (Lipinski definition) is 0. The Kier molecular flexibility index (Phi) is 8.92. The molecule has 0 bridgehead atoms. The minimum Gasteiger partial charge on any atom is -0.318 e. The summed E-state index contributed by atoms with van der Waals surface area (Å²) in [5.41, 5.74) is 9.35. The first-order chi connectivity index (χ1) is 25.1. The molecule has 0 saturated heterocycles. The smallest absolute Gasteiger partial charge is 0.318 e. The number of para-hydroxylation sites is 2. The molecule has 4 nitrogen and oxygen atoms in total. The molecule has 0 aliphatic heterocycles. The van der Waals surface area contributed by atoms with Crippen LogP contribution in [0.25, 0.3) is 44.6 Å². The van der Waals surface area contributed by atoms with Crippen LogP contribution in [0.1, 0.15) is 11.1 Å². The number of pyridine rings is 1. The van der Waals surface area contributed by atoms with Gasteiger partial charge in [0.05, 0.1) is 16.7 Å². The van der Waals surface area contributed by atoms with Crippen LogP contribution in [0.5, 0.6) is 0 Å². The van der Waals surface area contributed by atoms with Crippen molar-refractivity contribution in [2.24, 2.45) is 0 Å². The molecule has 52 heavy (non-hydrogen) atoms. The van der Waals surface area contributed by atoms with Crippen molar-refractivity contribution in [2.75, 3.05) is 0 Å².